The smallest absolute Gasteiger partial charge is 0.102 e. The summed E-state index contributed by atoms with van der Waals surface area (Å²) < 4.78 is 0. The highest BCUT2D eigenvalue weighted by Crippen LogP contribution is 2.31. The normalized spacial score (nSPS) is 9.87. The maximum Gasteiger partial charge on any atom is 0.102 e. The molecule has 0 radical (unpaired) electrons. The molecule has 0 aliphatic carbocycles. The van der Waals surface area contributed by atoms with Crippen molar-refractivity contribution in [1.82, 2.24) is 4.98 Å². The zero-order valence-electron chi connectivity index (χ0n) is 12.6. The van der Waals surface area contributed by atoms with Crippen LogP contribution < -0.4 is 0 Å². The standard InChI is InChI=1S/C20H13N3/c1-14-17(12-21)19(15-8-4-2-5-9-15)23-20(18(14)13-22)16-10-6-3-7-11-16/h2-11H,1H3. The predicted molar refractivity (Wildman–Crippen MR) is 89.3 cm³/mol. The van der Waals surface area contributed by atoms with Crippen LogP contribution in [0.15, 0.2) is 60.7 Å². The quantitative estimate of drug-likeness (QED) is 0.701. The molecular weight excluding hydrogens is 282 g/mol. The number of aromatic nitrogens is 1. The molecule has 0 amide bonds. The fraction of sp³-hybridized carbons (Fsp3) is 0.0500. The second-order valence-corrected chi connectivity index (χ2v) is 5.14. The van der Waals surface area contributed by atoms with Crippen molar-refractivity contribution in [1.29, 1.82) is 10.5 Å². The van der Waals surface area contributed by atoms with Gasteiger partial charge in [0.1, 0.15) is 12.1 Å². The highest BCUT2D eigenvalue weighted by Gasteiger charge is 2.18. The molecule has 0 spiro atoms. The van der Waals surface area contributed by atoms with Crippen molar-refractivity contribution < 1.29 is 0 Å². The van der Waals surface area contributed by atoms with Crippen LogP contribution in [0.3, 0.4) is 0 Å². The fourth-order valence-electron chi connectivity index (χ4n) is 2.59. The largest absolute Gasteiger partial charge is 0.245 e. The molecule has 3 aromatic rings. The molecule has 2 aromatic carbocycles. The summed E-state index contributed by atoms with van der Waals surface area (Å²) in [6.45, 7) is 1.80. The molecule has 0 fully saturated rings. The van der Waals surface area contributed by atoms with E-state index in [1.54, 1.807) is 6.92 Å². The van der Waals surface area contributed by atoms with E-state index in [4.69, 9.17) is 0 Å². The maximum atomic E-state index is 9.54. The van der Waals surface area contributed by atoms with Gasteiger partial charge in [-0.1, -0.05) is 60.7 Å². The summed E-state index contributed by atoms with van der Waals surface area (Å²) in [6, 6.07) is 23.6. The van der Waals surface area contributed by atoms with Gasteiger partial charge in [0.05, 0.1) is 22.5 Å². The topological polar surface area (TPSA) is 60.5 Å². The van der Waals surface area contributed by atoms with E-state index in [1.807, 2.05) is 60.7 Å². The average molecular weight is 295 g/mol. The molecule has 0 aliphatic rings. The van der Waals surface area contributed by atoms with Crippen LogP contribution in [0, 0.1) is 29.6 Å². The third-order valence-corrected chi connectivity index (χ3v) is 3.77. The Bertz CT molecular complexity index is 855. The molecule has 0 N–H and O–H groups in total. The molecule has 0 aliphatic heterocycles. The van der Waals surface area contributed by atoms with Crippen LogP contribution in [0.1, 0.15) is 16.7 Å². The predicted octanol–water partition coefficient (Wildman–Crippen LogP) is 4.47. The monoisotopic (exact) mass is 295 g/mol. The zero-order valence-corrected chi connectivity index (χ0v) is 12.6. The SMILES string of the molecule is Cc1c(C#N)c(-c2ccccc2)nc(-c2ccccc2)c1C#N. The highest BCUT2D eigenvalue weighted by atomic mass is 14.7. The fourth-order valence-corrected chi connectivity index (χ4v) is 2.59. The number of hydrogen-bond acceptors (Lipinski definition) is 3. The Balaban J connectivity index is 2.37. The summed E-state index contributed by atoms with van der Waals surface area (Å²) in [4.78, 5) is 4.67. The number of hydrogen-bond donors (Lipinski definition) is 0. The lowest BCUT2D eigenvalue weighted by atomic mass is 9.95. The van der Waals surface area contributed by atoms with E-state index in [-0.39, 0.29) is 0 Å². The number of pyridine rings is 1. The average Bonchev–Trinajstić information content (AvgIpc) is 2.62. The molecule has 0 atom stereocenters. The molecule has 1 aromatic heterocycles. The maximum absolute atomic E-state index is 9.54. The van der Waals surface area contributed by atoms with Crippen molar-refractivity contribution in [3.05, 3.63) is 77.4 Å². The summed E-state index contributed by atoms with van der Waals surface area (Å²) in [5, 5.41) is 19.1. The summed E-state index contributed by atoms with van der Waals surface area (Å²) in [7, 11) is 0. The van der Waals surface area contributed by atoms with Crippen LogP contribution in [-0.4, -0.2) is 4.98 Å². The van der Waals surface area contributed by atoms with Crippen LogP contribution in [0.25, 0.3) is 22.5 Å². The molecule has 23 heavy (non-hydrogen) atoms. The number of benzene rings is 2. The van der Waals surface area contributed by atoms with Crippen LogP contribution in [0.2, 0.25) is 0 Å². The molecule has 0 saturated heterocycles. The molecule has 1 heterocycles. The van der Waals surface area contributed by atoms with E-state index in [9.17, 15) is 10.5 Å². The van der Waals surface area contributed by atoms with Gasteiger partial charge in [0.15, 0.2) is 0 Å². The molecule has 3 rings (SSSR count). The molecule has 0 unspecified atom stereocenters. The van der Waals surface area contributed by atoms with Gasteiger partial charge < -0.3 is 0 Å². The first-order valence-corrected chi connectivity index (χ1v) is 7.22. The highest BCUT2D eigenvalue weighted by molar-refractivity contribution is 5.77. The van der Waals surface area contributed by atoms with Crippen molar-refractivity contribution in [2.45, 2.75) is 6.92 Å². The molecule has 0 bridgehead atoms. The van der Waals surface area contributed by atoms with Crippen molar-refractivity contribution in [2.75, 3.05) is 0 Å². The van der Waals surface area contributed by atoms with Crippen LogP contribution in [-0.2, 0) is 0 Å². The minimum Gasteiger partial charge on any atom is -0.245 e. The van der Waals surface area contributed by atoms with Crippen molar-refractivity contribution in [3.63, 3.8) is 0 Å². The third kappa shape index (κ3) is 2.57. The number of rotatable bonds is 2. The summed E-state index contributed by atoms with van der Waals surface area (Å²) >= 11 is 0. The van der Waals surface area contributed by atoms with E-state index in [2.05, 4.69) is 17.1 Å². The molecular formula is C20H13N3. The van der Waals surface area contributed by atoms with Gasteiger partial charge in [-0.05, 0) is 12.5 Å². The Morgan fingerprint density at radius 2 is 1.09 bits per heavy atom. The molecule has 108 valence electrons. The van der Waals surface area contributed by atoms with E-state index in [0.29, 0.717) is 28.1 Å². The van der Waals surface area contributed by atoms with Gasteiger partial charge in [0, 0.05) is 11.1 Å². The van der Waals surface area contributed by atoms with Crippen LogP contribution >= 0.6 is 0 Å². The minimum absolute atomic E-state index is 0.451. The van der Waals surface area contributed by atoms with Gasteiger partial charge in [0.2, 0.25) is 0 Å². The first kappa shape index (κ1) is 14.5. The van der Waals surface area contributed by atoms with Gasteiger partial charge >= 0.3 is 0 Å². The first-order chi connectivity index (χ1) is 11.3. The van der Waals surface area contributed by atoms with Crippen molar-refractivity contribution in [3.8, 4) is 34.7 Å². The van der Waals surface area contributed by atoms with Crippen molar-refractivity contribution in [2.24, 2.45) is 0 Å². The van der Waals surface area contributed by atoms with Gasteiger partial charge in [0.25, 0.3) is 0 Å². The van der Waals surface area contributed by atoms with E-state index in [1.165, 1.54) is 0 Å². The minimum atomic E-state index is 0.451. The molecule has 0 saturated carbocycles. The lowest BCUT2D eigenvalue weighted by Gasteiger charge is -2.12. The Kier molecular flexibility index (Phi) is 3.87. The summed E-state index contributed by atoms with van der Waals surface area (Å²) in [5.74, 6) is 0. The van der Waals surface area contributed by atoms with E-state index >= 15 is 0 Å². The van der Waals surface area contributed by atoms with Crippen LogP contribution in [0.5, 0.6) is 0 Å². The Morgan fingerprint density at radius 1 is 0.696 bits per heavy atom. The lowest BCUT2D eigenvalue weighted by molar-refractivity contribution is 1.23. The van der Waals surface area contributed by atoms with Gasteiger partial charge in [-0.25, -0.2) is 4.98 Å². The van der Waals surface area contributed by atoms with Crippen LogP contribution in [0.4, 0.5) is 0 Å². The first-order valence-electron chi connectivity index (χ1n) is 7.22. The Hall–Kier alpha value is -3.43. The Labute approximate surface area is 135 Å². The van der Waals surface area contributed by atoms with Gasteiger partial charge in [-0.3, -0.25) is 0 Å². The second-order valence-electron chi connectivity index (χ2n) is 5.14. The number of nitrogens with zero attached hydrogens (tertiary/aromatic N) is 3. The third-order valence-electron chi connectivity index (χ3n) is 3.77. The second kappa shape index (κ2) is 6.13. The summed E-state index contributed by atoms with van der Waals surface area (Å²) in [5.41, 5.74) is 4.54. The molecule has 3 heteroatoms. The van der Waals surface area contributed by atoms with E-state index < -0.39 is 0 Å². The van der Waals surface area contributed by atoms with Gasteiger partial charge in [-0.15, -0.1) is 0 Å². The van der Waals surface area contributed by atoms with E-state index in [0.717, 1.165) is 11.1 Å². The Morgan fingerprint density at radius 3 is 1.43 bits per heavy atom. The lowest BCUT2D eigenvalue weighted by Crippen LogP contribution is -2.01. The zero-order chi connectivity index (χ0) is 16.2. The number of nitriles is 2. The van der Waals surface area contributed by atoms with Gasteiger partial charge in [-0.2, -0.15) is 10.5 Å². The van der Waals surface area contributed by atoms with Crippen molar-refractivity contribution >= 4 is 0 Å². The molecule has 3 nitrogen and oxygen atoms in total. The summed E-state index contributed by atoms with van der Waals surface area (Å²) in [6.07, 6.45) is 0.